The Labute approximate surface area is 125 Å². The highest BCUT2D eigenvalue weighted by molar-refractivity contribution is 5.93. The van der Waals surface area contributed by atoms with Gasteiger partial charge in [0.1, 0.15) is 11.4 Å². The number of nitrogens with one attached hydrogen (secondary N) is 1. The molecule has 0 bridgehead atoms. The minimum Gasteiger partial charge on any atom is -0.342 e. The number of aromatic nitrogens is 2. The lowest BCUT2D eigenvalue weighted by molar-refractivity contribution is -0.139. The fourth-order valence-corrected chi connectivity index (χ4v) is 2.73. The van der Waals surface area contributed by atoms with Crippen molar-refractivity contribution in [3.8, 4) is 0 Å². The van der Waals surface area contributed by atoms with Gasteiger partial charge in [-0.25, -0.2) is 4.98 Å². The van der Waals surface area contributed by atoms with E-state index in [9.17, 15) is 9.59 Å². The molecule has 1 aliphatic heterocycles. The predicted octanol–water partition coefficient (Wildman–Crippen LogP) is 0.868. The number of rotatable bonds is 4. The summed E-state index contributed by atoms with van der Waals surface area (Å²) < 4.78 is 1.95. The molecule has 21 heavy (non-hydrogen) atoms. The monoisotopic (exact) mass is 292 g/mol. The van der Waals surface area contributed by atoms with E-state index in [-0.39, 0.29) is 17.9 Å². The largest absolute Gasteiger partial charge is 0.342 e. The SMILES string of the molecule is CCC1(C)NC(=O)CC(C)N(CCc2nccn2C)C1=O. The van der Waals surface area contributed by atoms with Crippen molar-refractivity contribution in [2.45, 2.75) is 51.6 Å². The maximum atomic E-state index is 12.8. The summed E-state index contributed by atoms with van der Waals surface area (Å²) in [6.45, 7) is 6.23. The van der Waals surface area contributed by atoms with E-state index >= 15 is 0 Å². The average Bonchev–Trinajstić information content (AvgIpc) is 2.80. The number of aryl methyl sites for hydroxylation is 1. The van der Waals surface area contributed by atoms with E-state index in [4.69, 9.17) is 0 Å². The first-order valence-electron chi connectivity index (χ1n) is 7.45. The highest BCUT2D eigenvalue weighted by Gasteiger charge is 2.41. The van der Waals surface area contributed by atoms with E-state index in [0.29, 0.717) is 25.8 Å². The molecule has 2 amide bonds. The first-order chi connectivity index (χ1) is 9.87. The molecule has 2 atom stereocenters. The van der Waals surface area contributed by atoms with Crippen LogP contribution in [0.15, 0.2) is 12.4 Å². The van der Waals surface area contributed by atoms with Crippen molar-refractivity contribution in [3.63, 3.8) is 0 Å². The Morgan fingerprint density at radius 3 is 2.76 bits per heavy atom. The van der Waals surface area contributed by atoms with Crippen LogP contribution < -0.4 is 5.32 Å². The topological polar surface area (TPSA) is 67.2 Å². The van der Waals surface area contributed by atoms with Crippen LogP contribution in [-0.2, 0) is 23.1 Å². The van der Waals surface area contributed by atoms with Gasteiger partial charge in [0.25, 0.3) is 0 Å². The van der Waals surface area contributed by atoms with Crippen LogP contribution in [0.4, 0.5) is 0 Å². The minimum atomic E-state index is -0.802. The van der Waals surface area contributed by atoms with Gasteiger partial charge >= 0.3 is 0 Å². The Hall–Kier alpha value is -1.85. The molecule has 1 fully saturated rings. The summed E-state index contributed by atoms with van der Waals surface area (Å²) in [6, 6.07) is -0.0915. The normalized spacial score (nSPS) is 26.7. The van der Waals surface area contributed by atoms with E-state index in [0.717, 1.165) is 5.82 Å². The van der Waals surface area contributed by atoms with Crippen molar-refractivity contribution in [2.75, 3.05) is 6.54 Å². The van der Waals surface area contributed by atoms with Gasteiger partial charge in [0.15, 0.2) is 0 Å². The van der Waals surface area contributed by atoms with Crippen LogP contribution in [0.3, 0.4) is 0 Å². The molecule has 6 heteroatoms. The molecule has 2 heterocycles. The van der Waals surface area contributed by atoms with Crippen LogP contribution in [0.5, 0.6) is 0 Å². The number of imidazole rings is 1. The van der Waals surface area contributed by atoms with Crippen LogP contribution in [0.2, 0.25) is 0 Å². The molecule has 0 saturated carbocycles. The number of carbonyl (C=O) groups is 2. The molecule has 0 radical (unpaired) electrons. The molecule has 1 aromatic heterocycles. The van der Waals surface area contributed by atoms with Gasteiger partial charge in [-0.05, 0) is 20.3 Å². The Morgan fingerprint density at radius 1 is 1.48 bits per heavy atom. The third-order valence-electron chi connectivity index (χ3n) is 4.37. The zero-order valence-electron chi connectivity index (χ0n) is 13.2. The highest BCUT2D eigenvalue weighted by Crippen LogP contribution is 2.21. The second kappa shape index (κ2) is 5.87. The van der Waals surface area contributed by atoms with E-state index in [1.807, 2.05) is 36.6 Å². The number of hydrogen-bond acceptors (Lipinski definition) is 3. The van der Waals surface area contributed by atoms with Crippen LogP contribution in [-0.4, -0.2) is 44.4 Å². The van der Waals surface area contributed by atoms with Gasteiger partial charge in [-0.1, -0.05) is 6.92 Å². The Kier molecular flexibility index (Phi) is 4.34. The lowest BCUT2D eigenvalue weighted by atomic mass is 9.97. The first kappa shape index (κ1) is 15.5. The summed E-state index contributed by atoms with van der Waals surface area (Å²) in [4.78, 5) is 30.8. The second-order valence-corrected chi connectivity index (χ2v) is 5.99. The molecule has 1 aromatic rings. The second-order valence-electron chi connectivity index (χ2n) is 5.99. The lowest BCUT2D eigenvalue weighted by Gasteiger charge is -2.33. The fourth-order valence-electron chi connectivity index (χ4n) is 2.73. The van der Waals surface area contributed by atoms with Crippen molar-refractivity contribution in [3.05, 3.63) is 18.2 Å². The summed E-state index contributed by atoms with van der Waals surface area (Å²) in [5, 5.41) is 2.87. The molecule has 0 spiro atoms. The fraction of sp³-hybridized carbons (Fsp3) is 0.667. The minimum absolute atomic E-state index is 0.00226. The highest BCUT2D eigenvalue weighted by atomic mass is 16.2. The molecule has 2 unspecified atom stereocenters. The van der Waals surface area contributed by atoms with E-state index < -0.39 is 5.54 Å². The molecule has 2 rings (SSSR count). The number of amides is 2. The first-order valence-corrected chi connectivity index (χ1v) is 7.45. The van der Waals surface area contributed by atoms with Gasteiger partial charge in [-0.2, -0.15) is 0 Å². The molecule has 0 aromatic carbocycles. The number of hydrogen-bond donors (Lipinski definition) is 1. The summed E-state index contributed by atoms with van der Waals surface area (Å²) in [5.74, 6) is 0.883. The van der Waals surface area contributed by atoms with Gasteiger partial charge in [-0.15, -0.1) is 0 Å². The van der Waals surface area contributed by atoms with Crippen molar-refractivity contribution < 1.29 is 9.59 Å². The maximum Gasteiger partial charge on any atom is 0.248 e. The Bertz CT molecular complexity index is 540. The summed E-state index contributed by atoms with van der Waals surface area (Å²) in [5.41, 5.74) is -0.802. The zero-order valence-corrected chi connectivity index (χ0v) is 13.2. The molecule has 1 N–H and O–H groups in total. The summed E-state index contributed by atoms with van der Waals surface area (Å²) >= 11 is 0. The quantitative estimate of drug-likeness (QED) is 0.895. The van der Waals surface area contributed by atoms with Gasteiger partial charge < -0.3 is 14.8 Å². The molecular weight excluding hydrogens is 268 g/mol. The van der Waals surface area contributed by atoms with Crippen molar-refractivity contribution >= 4 is 11.8 Å². The molecule has 1 aliphatic rings. The van der Waals surface area contributed by atoms with Crippen LogP contribution in [0.1, 0.15) is 39.4 Å². The van der Waals surface area contributed by atoms with Gasteiger partial charge in [0, 0.05) is 44.9 Å². The zero-order chi connectivity index (χ0) is 15.6. The average molecular weight is 292 g/mol. The molecule has 6 nitrogen and oxygen atoms in total. The van der Waals surface area contributed by atoms with Gasteiger partial charge in [0.05, 0.1) is 0 Å². The van der Waals surface area contributed by atoms with Gasteiger partial charge in [0.2, 0.25) is 11.8 Å². The molecule has 0 aliphatic carbocycles. The lowest BCUT2D eigenvalue weighted by Crippen LogP contribution is -2.55. The van der Waals surface area contributed by atoms with Gasteiger partial charge in [-0.3, -0.25) is 9.59 Å². The Morgan fingerprint density at radius 2 is 2.19 bits per heavy atom. The van der Waals surface area contributed by atoms with Crippen molar-refractivity contribution in [2.24, 2.45) is 7.05 Å². The standard InChI is InChI=1S/C15H24N4O2/c1-5-15(3)14(21)19(11(2)10-13(20)17-15)8-6-12-16-7-9-18(12)4/h7,9,11H,5-6,8,10H2,1-4H3,(H,17,20). The summed E-state index contributed by atoms with van der Waals surface area (Å²) in [6.07, 6.45) is 5.27. The van der Waals surface area contributed by atoms with Crippen LogP contribution in [0, 0.1) is 0 Å². The molecule has 1 saturated heterocycles. The predicted molar refractivity (Wildman–Crippen MR) is 79.5 cm³/mol. The van der Waals surface area contributed by atoms with Crippen molar-refractivity contribution in [1.82, 2.24) is 19.8 Å². The summed E-state index contributed by atoms with van der Waals surface area (Å²) in [7, 11) is 1.94. The number of carbonyl (C=O) groups excluding carboxylic acids is 2. The molecular formula is C15H24N4O2. The number of nitrogens with zero attached hydrogens (tertiary/aromatic N) is 3. The Balaban J connectivity index is 2.16. The van der Waals surface area contributed by atoms with E-state index in [2.05, 4.69) is 10.3 Å². The van der Waals surface area contributed by atoms with Crippen LogP contribution >= 0.6 is 0 Å². The van der Waals surface area contributed by atoms with E-state index in [1.165, 1.54) is 0 Å². The molecule has 116 valence electrons. The maximum absolute atomic E-state index is 12.8. The third kappa shape index (κ3) is 3.09. The third-order valence-corrected chi connectivity index (χ3v) is 4.37. The van der Waals surface area contributed by atoms with E-state index in [1.54, 1.807) is 13.1 Å². The smallest absolute Gasteiger partial charge is 0.248 e. The van der Waals surface area contributed by atoms with Crippen molar-refractivity contribution in [1.29, 1.82) is 0 Å². The van der Waals surface area contributed by atoms with Crippen LogP contribution in [0.25, 0.3) is 0 Å².